The lowest BCUT2D eigenvalue weighted by atomic mass is 10.0. The summed E-state index contributed by atoms with van der Waals surface area (Å²) in [4.78, 5) is 27.3. The molecule has 0 fully saturated rings. The number of ether oxygens (including phenoxy) is 2. The van der Waals surface area contributed by atoms with Gasteiger partial charge in [-0.05, 0) is 59.8 Å². The lowest BCUT2D eigenvalue weighted by Crippen LogP contribution is -2.36. The van der Waals surface area contributed by atoms with Gasteiger partial charge in [0.2, 0.25) is 0 Å². The van der Waals surface area contributed by atoms with Crippen LogP contribution >= 0.6 is 11.3 Å². The number of hydrogen-bond acceptors (Lipinski definition) is 7. The van der Waals surface area contributed by atoms with E-state index < -0.39 is 27.7 Å². The van der Waals surface area contributed by atoms with Gasteiger partial charge in [-0.25, -0.2) is 8.42 Å². The third kappa shape index (κ3) is 6.73. The minimum Gasteiger partial charge on any atom is -0.493 e. The second kappa shape index (κ2) is 11.9. The van der Waals surface area contributed by atoms with Crippen molar-refractivity contribution in [2.75, 3.05) is 20.5 Å². The highest BCUT2D eigenvalue weighted by Gasteiger charge is 2.20. The molecule has 1 heterocycles. The fourth-order valence-electron chi connectivity index (χ4n) is 3.45. The summed E-state index contributed by atoms with van der Waals surface area (Å²) in [6.07, 6.45) is 3.31. The number of rotatable bonds is 10. The maximum absolute atomic E-state index is 13.3. The summed E-state index contributed by atoms with van der Waals surface area (Å²) < 4.78 is 34.0. The van der Waals surface area contributed by atoms with Gasteiger partial charge in [0, 0.05) is 16.7 Å². The molecule has 10 heteroatoms. The van der Waals surface area contributed by atoms with E-state index in [2.05, 4.69) is 10.6 Å². The molecule has 0 aliphatic heterocycles. The largest absolute Gasteiger partial charge is 0.493 e. The van der Waals surface area contributed by atoms with Crippen LogP contribution in [0.1, 0.15) is 40.2 Å². The van der Waals surface area contributed by atoms with Crippen molar-refractivity contribution in [1.29, 1.82) is 0 Å². The van der Waals surface area contributed by atoms with E-state index in [0.29, 0.717) is 23.5 Å². The van der Waals surface area contributed by atoms with Gasteiger partial charge in [-0.3, -0.25) is 9.59 Å². The summed E-state index contributed by atoms with van der Waals surface area (Å²) in [7, 11) is -0.349. The Morgan fingerprint density at radius 1 is 1.03 bits per heavy atom. The summed E-state index contributed by atoms with van der Waals surface area (Å²) in [5.74, 6) is -0.0912. The number of carbonyl (C=O) groups is 2. The van der Waals surface area contributed by atoms with Gasteiger partial charge in [0.1, 0.15) is 5.70 Å². The highest BCUT2D eigenvalue weighted by atomic mass is 32.2. The normalized spacial score (nSPS) is 12.5. The van der Waals surface area contributed by atoms with E-state index in [0.717, 1.165) is 16.7 Å². The number of thiophene rings is 1. The van der Waals surface area contributed by atoms with Crippen molar-refractivity contribution in [3.05, 3.63) is 81.7 Å². The quantitative estimate of drug-likeness (QED) is 0.382. The smallest absolute Gasteiger partial charge is 0.268 e. The Balaban J connectivity index is 1.85. The minimum atomic E-state index is -3.33. The highest BCUT2D eigenvalue weighted by molar-refractivity contribution is 7.90. The second-order valence-electron chi connectivity index (χ2n) is 7.87. The summed E-state index contributed by atoms with van der Waals surface area (Å²) in [6.45, 7) is 1.90. The number of methoxy groups -OCH3 is 2. The summed E-state index contributed by atoms with van der Waals surface area (Å²) in [5, 5.41) is 7.52. The molecule has 0 bridgehead atoms. The van der Waals surface area contributed by atoms with Crippen LogP contribution in [0.5, 0.6) is 11.5 Å². The number of benzene rings is 2. The van der Waals surface area contributed by atoms with Crippen LogP contribution in [0.25, 0.3) is 6.08 Å². The van der Waals surface area contributed by atoms with Gasteiger partial charge in [-0.2, -0.15) is 0 Å². The van der Waals surface area contributed by atoms with Gasteiger partial charge in [-0.1, -0.05) is 25.1 Å². The van der Waals surface area contributed by atoms with Crippen molar-refractivity contribution >= 4 is 39.1 Å². The topological polar surface area (TPSA) is 111 Å². The van der Waals surface area contributed by atoms with Crippen LogP contribution < -0.4 is 20.1 Å². The highest BCUT2D eigenvalue weighted by Crippen LogP contribution is 2.28. The Kier molecular flexibility index (Phi) is 8.89. The van der Waals surface area contributed by atoms with Gasteiger partial charge in [-0.15, -0.1) is 11.3 Å². The molecule has 2 N–H and O–H groups in total. The van der Waals surface area contributed by atoms with E-state index in [1.807, 2.05) is 24.4 Å². The number of amides is 2. The van der Waals surface area contributed by atoms with Crippen molar-refractivity contribution < 1.29 is 27.5 Å². The van der Waals surface area contributed by atoms with Crippen LogP contribution in [-0.4, -0.2) is 40.7 Å². The number of carbonyl (C=O) groups excluding carboxylic acids is 2. The molecule has 0 unspecified atom stereocenters. The average Bonchev–Trinajstić information content (AvgIpc) is 3.39. The molecule has 0 saturated carbocycles. The van der Waals surface area contributed by atoms with Crippen molar-refractivity contribution in [1.82, 2.24) is 10.6 Å². The van der Waals surface area contributed by atoms with E-state index >= 15 is 0 Å². The van der Waals surface area contributed by atoms with E-state index in [1.165, 1.54) is 43.8 Å². The summed E-state index contributed by atoms with van der Waals surface area (Å²) >= 11 is 1.43. The number of hydrogen-bond donors (Lipinski definition) is 2. The van der Waals surface area contributed by atoms with Gasteiger partial charge < -0.3 is 20.1 Å². The minimum absolute atomic E-state index is 0.0726. The molecule has 1 aromatic heterocycles. The van der Waals surface area contributed by atoms with Crippen LogP contribution in [0.4, 0.5) is 0 Å². The first-order valence-corrected chi connectivity index (χ1v) is 13.8. The van der Waals surface area contributed by atoms with E-state index in [4.69, 9.17) is 9.47 Å². The SMILES string of the molecule is CC[C@H](NC(=O)/C(=C/c1cccs1)NC(=O)c1ccc(OC)c(OC)c1)c1ccc(S(C)(=O)=O)cc1. The van der Waals surface area contributed by atoms with Crippen LogP contribution in [0.2, 0.25) is 0 Å². The molecule has 2 amide bonds. The zero-order chi connectivity index (χ0) is 26.3. The van der Waals surface area contributed by atoms with Crippen LogP contribution in [-0.2, 0) is 14.6 Å². The van der Waals surface area contributed by atoms with E-state index in [-0.39, 0.29) is 10.6 Å². The lowest BCUT2D eigenvalue weighted by Gasteiger charge is -2.19. The zero-order valence-corrected chi connectivity index (χ0v) is 22.0. The molecule has 1 atom stereocenters. The van der Waals surface area contributed by atoms with Gasteiger partial charge in [0.05, 0.1) is 25.2 Å². The molecule has 3 aromatic rings. The first-order chi connectivity index (χ1) is 17.2. The Labute approximate surface area is 214 Å². The maximum atomic E-state index is 13.3. The molecule has 0 aliphatic carbocycles. The molecule has 0 spiro atoms. The molecule has 190 valence electrons. The number of nitrogens with one attached hydrogen (secondary N) is 2. The van der Waals surface area contributed by atoms with Crippen LogP contribution in [0.15, 0.2) is 70.6 Å². The zero-order valence-electron chi connectivity index (χ0n) is 20.4. The summed E-state index contributed by atoms with van der Waals surface area (Å²) in [5.41, 5.74) is 1.12. The van der Waals surface area contributed by atoms with Crippen molar-refractivity contribution in [3.63, 3.8) is 0 Å². The maximum Gasteiger partial charge on any atom is 0.268 e. The monoisotopic (exact) mass is 528 g/mol. The third-order valence-electron chi connectivity index (χ3n) is 5.39. The van der Waals surface area contributed by atoms with Crippen LogP contribution in [0, 0.1) is 0 Å². The first kappa shape index (κ1) is 27.0. The molecule has 0 aliphatic rings. The Hall–Kier alpha value is -3.63. The molecule has 0 saturated heterocycles. The Morgan fingerprint density at radius 2 is 1.72 bits per heavy atom. The van der Waals surface area contributed by atoms with Gasteiger partial charge in [0.25, 0.3) is 11.8 Å². The first-order valence-electron chi connectivity index (χ1n) is 11.1. The average molecular weight is 529 g/mol. The Morgan fingerprint density at radius 3 is 2.28 bits per heavy atom. The predicted molar refractivity (Wildman–Crippen MR) is 140 cm³/mol. The van der Waals surface area contributed by atoms with Crippen LogP contribution in [0.3, 0.4) is 0 Å². The molecular weight excluding hydrogens is 500 g/mol. The fourth-order valence-corrected chi connectivity index (χ4v) is 4.74. The van der Waals surface area contributed by atoms with Crippen molar-refractivity contribution in [2.45, 2.75) is 24.3 Å². The van der Waals surface area contributed by atoms with Gasteiger partial charge in [0.15, 0.2) is 21.3 Å². The molecule has 0 radical (unpaired) electrons. The summed E-state index contributed by atoms with van der Waals surface area (Å²) in [6, 6.07) is 14.4. The number of sulfone groups is 1. The van der Waals surface area contributed by atoms with E-state index in [9.17, 15) is 18.0 Å². The molecule has 8 nitrogen and oxygen atoms in total. The van der Waals surface area contributed by atoms with Gasteiger partial charge >= 0.3 is 0 Å². The second-order valence-corrected chi connectivity index (χ2v) is 10.9. The van der Waals surface area contributed by atoms with E-state index in [1.54, 1.807) is 30.3 Å². The Bertz CT molecular complexity index is 1350. The molecule has 3 rings (SSSR count). The molecule has 36 heavy (non-hydrogen) atoms. The third-order valence-corrected chi connectivity index (χ3v) is 7.34. The van der Waals surface area contributed by atoms with Crippen molar-refractivity contribution in [2.24, 2.45) is 0 Å². The predicted octanol–water partition coefficient (Wildman–Crippen LogP) is 4.21. The fraction of sp³-hybridized carbons (Fsp3) is 0.231. The standard InChI is InChI=1S/C26H28N2O6S2/c1-5-21(17-8-11-20(12-9-17)36(4,31)32)27-26(30)22(16-19-7-6-14-35-19)28-25(29)18-10-13-23(33-2)24(15-18)34-3/h6-16,21H,5H2,1-4H3,(H,27,30)(H,28,29)/b22-16-/t21-/m0/s1. The molecular formula is C26H28N2O6S2. The lowest BCUT2D eigenvalue weighted by molar-refractivity contribution is -0.118. The molecule has 2 aromatic carbocycles. The van der Waals surface area contributed by atoms with Crippen molar-refractivity contribution in [3.8, 4) is 11.5 Å².